The molecule has 0 spiro atoms. The van der Waals surface area contributed by atoms with E-state index in [2.05, 4.69) is 0 Å². The van der Waals surface area contributed by atoms with Gasteiger partial charge in [0.25, 0.3) is 0 Å². The quantitative estimate of drug-likeness (QED) is 0.566. The van der Waals surface area contributed by atoms with Gasteiger partial charge in [-0.1, -0.05) is 6.08 Å². The largest absolute Gasteiger partial charge is 0.389 e. The second-order valence-electron chi connectivity index (χ2n) is 2.24. The second kappa shape index (κ2) is 3.71. The summed E-state index contributed by atoms with van der Waals surface area (Å²) in [5.74, 6) is 0. The molecule has 3 heteroatoms. The van der Waals surface area contributed by atoms with Gasteiger partial charge in [-0.25, -0.2) is 0 Å². The standard InChI is InChI=1S/C7H12O3/c1-6(8)2-3-7-9-4-5-10-7/h2-3,6-8H,4-5H2,1H3/b3-2+/t6-/m0/s1. The van der Waals surface area contributed by atoms with Crippen LogP contribution >= 0.6 is 0 Å². The van der Waals surface area contributed by atoms with E-state index in [1.54, 1.807) is 19.1 Å². The smallest absolute Gasteiger partial charge is 0.177 e. The molecule has 1 aliphatic rings. The highest BCUT2D eigenvalue weighted by molar-refractivity contribution is 4.90. The lowest BCUT2D eigenvalue weighted by atomic mass is 10.3. The van der Waals surface area contributed by atoms with E-state index in [9.17, 15) is 0 Å². The molecule has 58 valence electrons. The molecule has 0 aliphatic carbocycles. The molecular formula is C7H12O3. The van der Waals surface area contributed by atoms with Gasteiger partial charge >= 0.3 is 0 Å². The lowest BCUT2D eigenvalue weighted by molar-refractivity contribution is -0.00228. The molecule has 1 rings (SSSR count). The van der Waals surface area contributed by atoms with Gasteiger partial charge in [0.15, 0.2) is 6.29 Å². The fourth-order valence-electron chi connectivity index (χ4n) is 0.739. The summed E-state index contributed by atoms with van der Waals surface area (Å²) < 4.78 is 10.2. The molecule has 0 saturated carbocycles. The van der Waals surface area contributed by atoms with Crippen molar-refractivity contribution in [3.05, 3.63) is 12.2 Å². The Balaban J connectivity index is 2.23. The Morgan fingerprint density at radius 2 is 2.10 bits per heavy atom. The van der Waals surface area contributed by atoms with Crippen molar-refractivity contribution < 1.29 is 14.6 Å². The molecule has 3 nitrogen and oxygen atoms in total. The van der Waals surface area contributed by atoms with Crippen LogP contribution in [0.4, 0.5) is 0 Å². The Kier molecular flexibility index (Phi) is 2.86. The molecule has 1 heterocycles. The highest BCUT2D eigenvalue weighted by Gasteiger charge is 2.11. The summed E-state index contributed by atoms with van der Waals surface area (Å²) >= 11 is 0. The fourth-order valence-corrected chi connectivity index (χ4v) is 0.739. The van der Waals surface area contributed by atoms with Crippen molar-refractivity contribution in [2.45, 2.75) is 19.3 Å². The van der Waals surface area contributed by atoms with Crippen molar-refractivity contribution in [1.82, 2.24) is 0 Å². The van der Waals surface area contributed by atoms with E-state index >= 15 is 0 Å². The van der Waals surface area contributed by atoms with Crippen molar-refractivity contribution in [3.8, 4) is 0 Å². The van der Waals surface area contributed by atoms with Gasteiger partial charge < -0.3 is 14.6 Å². The Bertz CT molecular complexity index is 114. The molecule has 1 N–H and O–H groups in total. The van der Waals surface area contributed by atoms with Gasteiger partial charge in [-0.05, 0) is 13.0 Å². The van der Waals surface area contributed by atoms with Crippen LogP contribution in [0.2, 0.25) is 0 Å². The summed E-state index contributed by atoms with van der Waals surface area (Å²) in [6.45, 7) is 2.98. The van der Waals surface area contributed by atoms with Gasteiger partial charge in [0.2, 0.25) is 0 Å². The summed E-state index contributed by atoms with van der Waals surface area (Å²) in [5.41, 5.74) is 0. The van der Waals surface area contributed by atoms with Crippen molar-refractivity contribution in [3.63, 3.8) is 0 Å². The number of hydrogen-bond donors (Lipinski definition) is 1. The third-order valence-corrected chi connectivity index (χ3v) is 1.19. The number of hydrogen-bond acceptors (Lipinski definition) is 3. The van der Waals surface area contributed by atoms with Crippen LogP contribution in [0.25, 0.3) is 0 Å². The predicted octanol–water partition coefficient (Wildman–Crippen LogP) is 0.296. The minimum atomic E-state index is -0.423. The van der Waals surface area contributed by atoms with Crippen LogP contribution in [0.1, 0.15) is 6.92 Å². The van der Waals surface area contributed by atoms with Crippen LogP contribution in [-0.4, -0.2) is 30.7 Å². The molecule has 0 radical (unpaired) electrons. The third-order valence-electron chi connectivity index (χ3n) is 1.19. The zero-order valence-corrected chi connectivity index (χ0v) is 5.99. The van der Waals surface area contributed by atoms with Crippen LogP contribution in [0, 0.1) is 0 Å². The molecule has 1 fully saturated rings. The van der Waals surface area contributed by atoms with Crippen molar-refractivity contribution in [1.29, 1.82) is 0 Å². The average Bonchev–Trinajstić information content (AvgIpc) is 2.34. The van der Waals surface area contributed by atoms with Gasteiger partial charge in [-0.3, -0.25) is 0 Å². The monoisotopic (exact) mass is 144 g/mol. The van der Waals surface area contributed by atoms with Crippen molar-refractivity contribution in [2.75, 3.05) is 13.2 Å². The molecule has 10 heavy (non-hydrogen) atoms. The van der Waals surface area contributed by atoms with E-state index in [0.717, 1.165) is 0 Å². The lowest BCUT2D eigenvalue weighted by Gasteiger charge is -2.01. The normalized spacial score (nSPS) is 24.2. The first-order chi connectivity index (χ1) is 4.79. The molecule has 0 aromatic carbocycles. The molecule has 1 atom stereocenters. The van der Waals surface area contributed by atoms with Gasteiger partial charge in [-0.2, -0.15) is 0 Å². The molecule has 1 saturated heterocycles. The van der Waals surface area contributed by atoms with E-state index in [-0.39, 0.29) is 6.29 Å². The summed E-state index contributed by atoms with van der Waals surface area (Å²) in [5, 5.41) is 8.81. The predicted molar refractivity (Wildman–Crippen MR) is 36.5 cm³/mol. The van der Waals surface area contributed by atoms with Gasteiger partial charge in [0.1, 0.15) is 0 Å². The first-order valence-corrected chi connectivity index (χ1v) is 3.38. The van der Waals surface area contributed by atoms with E-state index in [1.807, 2.05) is 0 Å². The van der Waals surface area contributed by atoms with E-state index in [4.69, 9.17) is 14.6 Å². The average molecular weight is 144 g/mol. The molecule has 0 aromatic rings. The minimum absolute atomic E-state index is 0.241. The van der Waals surface area contributed by atoms with Gasteiger partial charge in [0.05, 0.1) is 19.3 Å². The summed E-state index contributed by atoms with van der Waals surface area (Å²) in [6.07, 6.45) is 2.70. The van der Waals surface area contributed by atoms with Crippen molar-refractivity contribution >= 4 is 0 Å². The summed E-state index contributed by atoms with van der Waals surface area (Å²) in [7, 11) is 0. The van der Waals surface area contributed by atoms with Crippen LogP contribution in [0.5, 0.6) is 0 Å². The topological polar surface area (TPSA) is 38.7 Å². The maximum Gasteiger partial charge on any atom is 0.177 e. The Morgan fingerprint density at radius 1 is 1.50 bits per heavy atom. The highest BCUT2D eigenvalue weighted by Crippen LogP contribution is 2.04. The number of aliphatic hydroxyl groups is 1. The lowest BCUT2D eigenvalue weighted by Crippen LogP contribution is -2.04. The zero-order chi connectivity index (χ0) is 7.40. The van der Waals surface area contributed by atoms with Crippen LogP contribution in [0.3, 0.4) is 0 Å². The first-order valence-electron chi connectivity index (χ1n) is 3.38. The highest BCUT2D eigenvalue weighted by atomic mass is 16.7. The van der Waals surface area contributed by atoms with Crippen LogP contribution in [-0.2, 0) is 9.47 Å². The van der Waals surface area contributed by atoms with E-state index in [1.165, 1.54) is 0 Å². The molecule has 0 amide bonds. The maximum absolute atomic E-state index is 8.81. The molecule has 1 aliphatic heterocycles. The van der Waals surface area contributed by atoms with Crippen LogP contribution in [0.15, 0.2) is 12.2 Å². The third kappa shape index (κ3) is 2.47. The van der Waals surface area contributed by atoms with Crippen LogP contribution < -0.4 is 0 Å². The Morgan fingerprint density at radius 3 is 2.60 bits per heavy atom. The van der Waals surface area contributed by atoms with E-state index in [0.29, 0.717) is 13.2 Å². The zero-order valence-electron chi connectivity index (χ0n) is 5.99. The number of rotatable bonds is 2. The van der Waals surface area contributed by atoms with Crippen molar-refractivity contribution in [2.24, 2.45) is 0 Å². The SMILES string of the molecule is C[C@H](O)/C=C/C1OCCO1. The summed E-state index contributed by atoms with van der Waals surface area (Å²) in [4.78, 5) is 0. The Labute approximate surface area is 60.3 Å². The van der Waals surface area contributed by atoms with E-state index < -0.39 is 6.10 Å². The van der Waals surface area contributed by atoms with Gasteiger partial charge in [0, 0.05) is 0 Å². The Hall–Kier alpha value is -0.380. The minimum Gasteiger partial charge on any atom is -0.389 e. The van der Waals surface area contributed by atoms with Gasteiger partial charge in [-0.15, -0.1) is 0 Å². The maximum atomic E-state index is 8.81. The molecule has 0 bridgehead atoms. The first kappa shape index (κ1) is 7.72. The summed E-state index contributed by atoms with van der Waals surface area (Å²) in [6, 6.07) is 0. The fraction of sp³-hybridized carbons (Fsp3) is 0.714. The second-order valence-corrected chi connectivity index (χ2v) is 2.24. The molecular weight excluding hydrogens is 132 g/mol. The molecule has 0 unspecified atom stereocenters. The number of ether oxygens (including phenoxy) is 2. The number of aliphatic hydroxyl groups excluding tert-OH is 1. The molecule has 0 aromatic heterocycles.